The van der Waals surface area contributed by atoms with Gasteiger partial charge in [0.2, 0.25) is 0 Å². The van der Waals surface area contributed by atoms with E-state index in [1.54, 1.807) is 0 Å². The molecular weight excluding hydrogens is 206 g/mol. The van der Waals surface area contributed by atoms with E-state index in [1.165, 1.54) is 18.2 Å². The average molecular weight is 218 g/mol. The maximum absolute atomic E-state index is 9.52. The third-order valence-electron chi connectivity index (χ3n) is 1.92. The van der Waals surface area contributed by atoms with Crippen LogP contribution in [0.1, 0.15) is 11.7 Å². The van der Waals surface area contributed by atoms with Gasteiger partial charge in [-0.25, -0.2) is 0 Å². The molecule has 0 radical (unpaired) electrons. The van der Waals surface area contributed by atoms with Crippen LogP contribution in [-0.2, 0) is 0 Å². The first-order chi connectivity index (χ1) is 6.56. The number of phenols is 1. The number of alkyl halides is 1. The monoisotopic (exact) mass is 217 g/mol. The molecule has 0 aliphatic carbocycles. The molecule has 2 unspecified atom stereocenters. The summed E-state index contributed by atoms with van der Waals surface area (Å²) in [6.45, 7) is 0. The van der Waals surface area contributed by atoms with E-state index in [9.17, 15) is 15.3 Å². The molecule has 1 aromatic carbocycles. The van der Waals surface area contributed by atoms with Crippen LogP contribution in [0.3, 0.4) is 0 Å². The number of aliphatic hydroxyl groups excluding tert-OH is 2. The Morgan fingerprint density at radius 3 is 2.50 bits per heavy atom. The van der Waals surface area contributed by atoms with Gasteiger partial charge in [0, 0.05) is 0 Å². The van der Waals surface area contributed by atoms with E-state index in [0.29, 0.717) is 5.56 Å². The lowest BCUT2D eigenvalue weighted by Gasteiger charge is -2.16. The van der Waals surface area contributed by atoms with Crippen molar-refractivity contribution in [2.45, 2.75) is 12.2 Å². The molecule has 14 heavy (non-hydrogen) atoms. The van der Waals surface area contributed by atoms with Gasteiger partial charge >= 0.3 is 0 Å². The zero-order valence-electron chi connectivity index (χ0n) is 7.39. The van der Waals surface area contributed by atoms with E-state index in [2.05, 4.69) is 0 Å². The first-order valence-electron chi connectivity index (χ1n) is 4.06. The molecule has 2 atom stereocenters. The van der Waals surface area contributed by atoms with Crippen molar-refractivity contribution in [1.82, 2.24) is 0 Å². The molecule has 5 N–H and O–H groups in total. The summed E-state index contributed by atoms with van der Waals surface area (Å²) < 4.78 is 0. The van der Waals surface area contributed by atoms with Crippen molar-refractivity contribution in [3.05, 3.63) is 23.8 Å². The van der Waals surface area contributed by atoms with Gasteiger partial charge in [-0.1, -0.05) is 6.07 Å². The normalized spacial score (nSPS) is 15.1. The van der Waals surface area contributed by atoms with Crippen LogP contribution in [-0.4, -0.2) is 27.3 Å². The predicted octanol–water partition coefficient (Wildman–Crippen LogP) is 0.607. The number of hydrogen-bond donors (Lipinski definition) is 4. The molecule has 5 heteroatoms. The number of phenolic OH excluding ortho intramolecular Hbond substituents is 1. The zero-order valence-corrected chi connectivity index (χ0v) is 8.15. The maximum atomic E-state index is 9.52. The van der Waals surface area contributed by atoms with Crippen molar-refractivity contribution in [1.29, 1.82) is 0 Å². The molecule has 0 heterocycles. The minimum Gasteiger partial charge on any atom is -0.506 e. The lowest BCUT2D eigenvalue weighted by atomic mass is 10.0. The highest BCUT2D eigenvalue weighted by Gasteiger charge is 2.17. The molecule has 78 valence electrons. The second kappa shape index (κ2) is 4.50. The highest BCUT2D eigenvalue weighted by atomic mass is 35.5. The molecule has 1 aromatic rings. The molecule has 0 fully saturated rings. The molecule has 0 aromatic heterocycles. The number of hydrogen-bond acceptors (Lipinski definition) is 4. The molecule has 0 aliphatic heterocycles. The number of aliphatic hydroxyl groups is 2. The van der Waals surface area contributed by atoms with Crippen molar-refractivity contribution in [2.75, 3.05) is 11.6 Å². The molecule has 0 saturated carbocycles. The standard InChI is InChI=1S/C9H12ClNO3/c10-4-8(13)9(14)5-1-2-6(11)7(12)3-5/h1-3,8-9,12-14H,4,11H2. The fourth-order valence-electron chi connectivity index (χ4n) is 1.05. The van der Waals surface area contributed by atoms with Crippen LogP contribution in [0.4, 0.5) is 5.69 Å². The van der Waals surface area contributed by atoms with Crippen molar-refractivity contribution < 1.29 is 15.3 Å². The van der Waals surface area contributed by atoms with E-state index in [-0.39, 0.29) is 17.3 Å². The Balaban J connectivity index is 2.91. The van der Waals surface area contributed by atoms with E-state index < -0.39 is 12.2 Å². The molecule has 0 saturated heterocycles. The number of benzene rings is 1. The van der Waals surface area contributed by atoms with E-state index in [0.717, 1.165) is 0 Å². The molecule has 0 spiro atoms. The van der Waals surface area contributed by atoms with Gasteiger partial charge in [-0.2, -0.15) is 0 Å². The molecule has 0 amide bonds. The third kappa shape index (κ3) is 2.29. The van der Waals surface area contributed by atoms with Crippen molar-refractivity contribution in [2.24, 2.45) is 0 Å². The number of nitrogen functional groups attached to an aromatic ring is 1. The lowest BCUT2D eigenvalue weighted by Crippen LogP contribution is -2.19. The Labute approximate surface area is 86.6 Å². The fraction of sp³-hybridized carbons (Fsp3) is 0.333. The topological polar surface area (TPSA) is 86.7 Å². The van der Waals surface area contributed by atoms with Gasteiger partial charge in [0.25, 0.3) is 0 Å². The first-order valence-corrected chi connectivity index (χ1v) is 4.60. The van der Waals surface area contributed by atoms with Gasteiger partial charge in [-0.3, -0.25) is 0 Å². The Hall–Kier alpha value is -0.970. The van der Waals surface area contributed by atoms with Gasteiger partial charge in [0.15, 0.2) is 0 Å². The summed E-state index contributed by atoms with van der Waals surface area (Å²) in [7, 11) is 0. The molecule has 0 bridgehead atoms. The summed E-state index contributed by atoms with van der Waals surface area (Å²) in [6.07, 6.45) is -2.17. The van der Waals surface area contributed by atoms with Gasteiger partial charge in [0.1, 0.15) is 11.9 Å². The number of nitrogens with two attached hydrogens (primary N) is 1. The van der Waals surface area contributed by atoms with Gasteiger partial charge in [0.05, 0.1) is 17.7 Å². The van der Waals surface area contributed by atoms with Crippen LogP contribution in [0.5, 0.6) is 5.75 Å². The summed E-state index contributed by atoms with van der Waals surface area (Å²) in [5.41, 5.74) is 5.98. The summed E-state index contributed by atoms with van der Waals surface area (Å²) in [6, 6.07) is 4.28. The average Bonchev–Trinajstić information content (AvgIpc) is 2.20. The number of aromatic hydroxyl groups is 1. The minimum atomic E-state index is -1.11. The van der Waals surface area contributed by atoms with Gasteiger partial charge in [-0.05, 0) is 17.7 Å². The maximum Gasteiger partial charge on any atom is 0.138 e. The molecule has 0 aliphatic rings. The minimum absolute atomic E-state index is 0.0771. The zero-order chi connectivity index (χ0) is 10.7. The van der Waals surface area contributed by atoms with Gasteiger partial charge in [-0.15, -0.1) is 11.6 Å². The Bertz CT molecular complexity index is 319. The summed E-state index contributed by atoms with van der Waals surface area (Å²) in [5.74, 6) is -0.199. The van der Waals surface area contributed by atoms with Crippen LogP contribution in [0, 0.1) is 0 Å². The SMILES string of the molecule is Nc1ccc(C(O)C(O)CCl)cc1O. The van der Waals surface area contributed by atoms with E-state index >= 15 is 0 Å². The summed E-state index contributed by atoms with van der Waals surface area (Å²) >= 11 is 5.37. The lowest BCUT2D eigenvalue weighted by molar-refractivity contribution is 0.0326. The van der Waals surface area contributed by atoms with Crippen LogP contribution in [0.15, 0.2) is 18.2 Å². The molecular formula is C9H12ClNO3. The van der Waals surface area contributed by atoms with Crippen LogP contribution >= 0.6 is 11.6 Å². The highest BCUT2D eigenvalue weighted by molar-refractivity contribution is 6.18. The van der Waals surface area contributed by atoms with Crippen molar-refractivity contribution >= 4 is 17.3 Å². The van der Waals surface area contributed by atoms with Crippen LogP contribution in [0.2, 0.25) is 0 Å². The second-order valence-electron chi connectivity index (χ2n) is 2.98. The quantitative estimate of drug-likeness (QED) is 0.339. The van der Waals surface area contributed by atoms with Gasteiger partial charge < -0.3 is 21.1 Å². The summed E-state index contributed by atoms with van der Waals surface area (Å²) in [5, 5.41) is 28.0. The van der Waals surface area contributed by atoms with Crippen LogP contribution in [0.25, 0.3) is 0 Å². The van der Waals surface area contributed by atoms with Crippen molar-refractivity contribution in [3.63, 3.8) is 0 Å². The Morgan fingerprint density at radius 2 is 2.00 bits per heavy atom. The van der Waals surface area contributed by atoms with E-state index in [1.807, 2.05) is 0 Å². The predicted molar refractivity (Wildman–Crippen MR) is 54.2 cm³/mol. The Morgan fingerprint density at radius 1 is 1.36 bits per heavy atom. The first kappa shape index (κ1) is 11.1. The second-order valence-corrected chi connectivity index (χ2v) is 3.29. The third-order valence-corrected chi connectivity index (χ3v) is 2.23. The molecule has 1 rings (SSSR count). The molecule has 4 nitrogen and oxygen atoms in total. The largest absolute Gasteiger partial charge is 0.506 e. The fourth-order valence-corrected chi connectivity index (χ4v) is 1.22. The Kier molecular flexibility index (Phi) is 3.57. The smallest absolute Gasteiger partial charge is 0.138 e. The van der Waals surface area contributed by atoms with E-state index in [4.69, 9.17) is 17.3 Å². The highest BCUT2D eigenvalue weighted by Crippen LogP contribution is 2.26. The number of rotatable bonds is 3. The number of halogens is 1. The summed E-state index contributed by atoms with van der Waals surface area (Å²) in [4.78, 5) is 0. The number of anilines is 1. The van der Waals surface area contributed by atoms with Crippen molar-refractivity contribution in [3.8, 4) is 5.75 Å². The van der Waals surface area contributed by atoms with Crippen LogP contribution < -0.4 is 5.73 Å².